The monoisotopic (exact) mass is 391 g/mol. The minimum atomic E-state index is -0.124. The summed E-state index contributed by atoms with van der Waals surface area (Å²) >= 11 is 1.41. The molecule has 0 bridgehead atoms. The quantitative estimate of drug-likeness (QED) is 0.665. The number of methoxy groups -OCH3 is 1. The van der Waals surface area contributed by atoms with E-state index in [0.29, 0.717) is 18.0 Å². The van der Waals surface area contributed by atoms with Gasteiger partial charge in [-0.2, -0.15) is 0 Å². The Morgan fingerprint density at radius 1 is 1.22 bits per heavy atom. The Hall–Kier alpha value is -1.99. The fourth-order valence-corrected chi connectivity index (χ4v) is 3.92. The van der Waals surface area contributed by atoms with Gasteiger partial charge in [-0.3, -0.25) is 4.79 Å². The Labute approximate surface area is 165 Å². The number of hydrogen-bond donors (Lipinski definition) is 1. The molecule has 27 heavy (non-hydrogen) atoms. The molecule has 0 saturated heterocycles. The number of amides is 1. The van der Waals surface area contributed by atoms with Crippen molar-refractivity contribution in [3.05, 3.63) is 41.7 Å². The normalized spacial score (nSPS) is 11.3. The number of aromatic nitrogens is 2. The van der Waals surface area contributed by atoms with Crippen LogP contribution < -0.4 is 4.74 Å². The van der Waals surface area contributed by atoms with Crippen LogP contribution in [-0.4, -0.2) is 50.4 Å². The standard InChI is InChI=1S/C20H29N3O3S/c1-14(2)23(15(3)4)19(25)13-27-20-21-17(12-24)11-22(20)10-16-6-8-18(26-5)9-7-16/h6-9,11,14-15,24H,10,12-13H2,1-5H3. The molecule has 0 spiro atoms. The van der Waals surface area contributed by atoms with Gasteiger partial charge in [0.1, 0.15) is 5.75 Å². The van der Waals surface area contributed by atoms with Gasteiger partial charge < -0.3 is 19.3 Å². The lowest BCUT2D eigenvalue weighted by Gasteiger charge is -2.30. The van der Waals surface area contributed by atoms with Gasteiger partial charge in [0.25, 0.3) is 0 Å². The van der Waals surface area contributed by atoms with E-state index < -0.39 is 0 Å². The third-order valence-electron chi connectivity index (χ3n) is 4.19. The molecule has 0 radical (unpaired) electrons. The second-order valence-electron chi connectivity index (χ2n) is 6.93. The van der Waals surface area contributed by atoms with Gasteiger partial charge in [0.05, 0.1) is 25.2 Å². The van der Waals surface area contributed by atoms with Crippen LogP contribution in [0.25, 0.3) is 0 Å². The highest BCUT2D eigenvalue weighted by Crippen LogP contribution is 2.22. The molecule has 0 aliphatic carbocycles. The number of rotatable bonds is 9. The maximum absolute atomic E-state index is 12.6. The molecule has 0 aliphatic rings. The van der Waals surface area contributed by atoms with E-state index in [2.05, 4.69) is 4.98 Å². The Morgan fingerprint density at radius 2 is 1.85 bits per heavy atom. The van der Waals surface area contributed by atoms with Crippen LogP contribution in [0.1, 0.15) is 39.0 Å². The van der Waals surface area contributed by atoms with E-state index in [1.165, 1.54) is 11.8 Å². The zero-order valence-electron chi connectivity index (χ0n) is 16.7. The zero-order chi connectivity index (χ0) is 20.0. The fourth-order valence-electron chi connectivity index (χ4n) is 3.06. The molecule has 6 nitrogen and oxygen atoms in total. The summed E-state index contributed by atoms with van der Waals surface area (Å²) in [6.45, 7) is 8.59. The summed E-state index contributed by atoms with van der Waals surface area (Å²) in [5, 5.41) is 10.2. The molecule has 0 unspecified atom stereocenters. The Kier molecular flexibility index (Phi) is 7.74. The summed E-state index contributed by atoms with van der Waals surface area (Å²) in [6.07, 6.45) is 1.83. The number of aliphatic hydroxyl groups is 1. The summed E-state index contributed by atoms with van der Waals surface area (Å²) in [5.74, 6) is 1.22. The van der Waals surface area contributed by atoms with Gasteiger partial charge in [0, 0.05) is 24.8 Å². The Morgan fingerprint density at radius 3 is 2.37 bits per heavy atom. The van der Waals surface area contributed by atoms with Crippen LogP contribution in [0, 0.1) is 0 Å². The van der Waals surface area contributed by atoms with Crippen molar-refractivity contribution in [3.8, 4) is 5.75 Å². The minimum absolute atomic E-state index is 0.0922. The molecule has 2 rings (SSSR count). The van der Waals surface area contributed by atoms with Crippen molar-refractivity contribution in [2.75, 3.05) is 12.9 Å². The molecule has 1 aromatic heterocycles. The van der Waals surface area contributed by atoms with Crippen LogP contribution in [0.5, 0.6) is 5.75 Å². The number of benzene rings is 1. The highest BCUT2D eigenvalue weighted by molar-refractivity contribution is 7.99. The number of nitrogens with zero attached hydrogens (tertiary/aromatic N) is 3. The first-order valence-electron chi connectivity index (χ1n) is 9.09. The van der Waals surface area contributed by atoms with Gasteiger partial charge in [-0.25, -0.2) is 4.98 Å². The summed E-state index contributed by atoms with van der Waals surface area (Å²) in [6, 6.07) is 8.14. The van der Waals surface area contributed by atoms with E-state index >= 15 is 0 Å². The Bertz CT molecular complexity index is 733. The van der Waals surface area contributed by atoms with Crippen molar-refractivity contribution in [1.29, 1.82) is 0 Å². The van der Waals surface area contributed by atoms with Crippen LogP contribution in [0.2, 0.25) is 0 Å². The molecule has 2 aromatic rings. The lowest BCUT2D eigenvalue weighted by atomic mass is 10.2. The summed E-state index contributed by atoms with van der Waals surface area (Å²) in [4.78, 5) is 19.0. The number of hydrogen-bond acceptors (Lipinski definition) is 5. The van der Waals surface area contributed by atoms with E-state index in [1.54, 1.807) is 7.11 Å². The first-order chi connectivity index (χ1) is 12.8. The van der Waals surface area contributed by atoms with E-state index in [1.807, 2.05) is 67.6 Å². The summed E-state index contributed by atoms with van der Waals surface area (Å²) < 4.78 is 7.16. The predicted octanol–water partition coefficient (Wildman–Crippen LogP) is 3.17. The number of imidazole rings is 1. The molecule has 0 saturated carbocycles. The predicted molar refractivity (Wildman–Crippen MR) is 108 cm³/mol. The third-order valence-corrected chi connectivity index (χ3v) is 5.16. The van der Waals surface area contributed by atoms with E-state index in [-0.39, 0.29) is 24.6 Å². The van der Waals surface area contributed by atoms with Crippen molar-refractivity contribution in [2.24, 2.45) is 0 Å². The first-order valence-corrected chi connectivity index (χ1v) is 10.1. The van der Waals surface area contributed by atoms with E-state index in [9.17, 15) is 9.90 Å². The largest absolute Gasteiger partial charge is 0.497 e. The second-order valence-corrected chi connectivity index (χ2v) is 7.87. The molecular weight excluding hydrogens is 362 g/mol. The number of carbonyl (C=O) groups excluding carboxylic acids is 1. The molecule has 7 heteroatoms. The average Bonchev–Trinajstić information content (AvgIpc) is 3.02. The number of ether oxygens (including phenoxy) is 1. The van der Waals surface area contributed by atoms with Gasteiger partial charge in [-0.15, -0.1) is 0 Å². The van der Waals surface area contributed by atoms with Gasteiger partial charge in [-0.05, 0) is 45.4 Å². The highest BCUT2D eigenvalue weighted by atomic mass is 32.2. The molecule has 1 heterocycles. The Balaban J connectivity index is 2.12. The van der Waals surface area contributed by atoms with Crippen LogP contribution in [0.3, 0.4) is 0 Å². The molecule has 0 aliphatic heterocycles. The van der Waals surface area contributed by atoms with Crippen molar-refractivity contribution in [3.63, 3.8) is 0 Å². The van der Waals surface area contributed by atoms with Crippen LogP contribution >= 0.6 is 11.8 Å². The molecule has 1 aromatic carbocycles. The van der Waals surface area contributed by atoms with Gasteiger partial charge >= 0.3 is 0 Å². The van der Waals surface area contributed by atoms with Crippen LogP contribution in [0.15, 0.2) is 35.6 Å². The van der Waals surface area contributed by atoms with Crippen molar-refractivity contribution >= 4 is 17.7 Å². The van der Waals surface area contributed by atoms with Crippen molar-refractivity contribution < 1.29 is 14.6 Å². The number of thioether (sulfide) groups is 1. The molecule has 148 valence electrons. The van der Waals surface area contributed by atoms with Crippen molar-refractivity contribution in [2.45, 2.75) is 58.1 Å². The summed E-state index contributed by atoms with van der Waals surface area (Å²) in [7, 11) is 1.64. The first kappa shape index (κ1) is 21.3. The highest BCUT2D eigenvalue weighted by Gasteiger charge is 2.21. The molecule has 0 fully saturated rings. The fraction of sp³-hybridized carbons (Fsp3) is 0.500. The second kappa shape index (κ2) is 9.80. The smallest absolute Gasteiger partial charge is 0.233 e. The van der Waals surface area contributed by atoms with Crippen LogP contribution in [0.4, 0.5) is 0 Å². The molecular formula is C20H29N3O3S. The maximum Gasteiger partial charge on any atom is 0.233 e. The van der Waals surface area contributed by atoms with E-state index in [4.69, 9.17) is 4.74 Å². The van der Waals surface area contributed by atoms with Gasteiger partial charge in [0.15, 0.2) is 5.16 Å². The number of carbonyl (C=O) groups is 1. The lowest BCUT2D eigenvalue weighted by molar-refractivity contribution is -0.131. The van der Waals surface area contributed by atoms with Crippen LogP contribution in [-0.2, 0) is 17.9 Å². The SMILES string of the molecule is COc1ccc(Cn2cc(CO)nc2SCC(=O)N(C(C)C)C(C)C)cc1. The topological polar surface area (TPSA) is 67.6 Å². The van der Waals surface area contributed by atoms with Gasteiger partial charge in [-0.1, -0.05) is 23.9 Å². The summed E-state index contributed by atoms with van der Waals surface area (Å²) in [5.41, 5.74) is 1.69. The number of aliphatic hydroxyl groups excluding tert-OH is 1. The zero-order valence-corrected chi connectivity index (χ0v) is 17.5. The molecule has 0 atom stereocenters. The third kappa shape index (κ3) is 5.74. The maximum atomic E-state index is 12.6. The average molecular weight is 392 g/mol. The molecule has 1 N–H and O–H groups in total. The van der Waals surface area contributed by atoms with Crippen molar-refractivity contribution in [1.82, 2.24) is 14.5 Å². The van der Waals surface area contributed by atoms with Gasteiger partial charge in [0.2, 0.25) is 5.91 Å². The minimum Gasteiger partial charge on any atom is -0.497 e. The molecule has 1 amide bonds. The lowest BCUT2D eigenvalue weighted by Crippen LogP contribution is -2.43. The van der Waals surface area contributed by atoms with E-state index in [0.717, 1.165) is 16.5 Å².